The summed E-state index contributed by atoms with van der Waals surface area (Å²) in [5, 5.41) is 12.1. The standard InChI is InChI=1S/C14H17BrN2O3/c1-2-8-5-9(10(6-8)14(19)20)13(18)17-12-3-4-16-7-11(12)15/h3-4,7-10H,2,5-6H2,1H3,(H,19,20)(H,16,17,18). The van der Waals surface area contributed by atoms with Gasteiger partial charge in [-0.05, 0) is 40.8 Å². The molecule has 108 valence electrons. The third kappa shape index (κ3) is 3.17. The molecule has 5 nitrogen and oxygen atoms in total. The highest BCUT2D eigenvalue weighted by molar-refractivity contribution is 9.10. The molecule has 0 radical (unpaired) electrons. The lowest BCUT2D eigenvalue weighted by atomic mass is 9.95. The van der Waals surface area contributed by atoms with Gasteiger partial charge in [0.2, 0.25) is 5.91 Å². The van der Waals surface area contributed by atoms with Gasteiger partial charge >= 0.3 is 5.97 Å². The lowest BCUT2D eigenvalue weighted by molar-refractivity contribution is -0.145. The van der Waals surface area contributed by atoms with E-state index in [1.807, 2.05) is 6.92 Å². The molecular formula is C14H17BrN2O3. The first-order valence-corrected chi connectivity index (χ1v) is 7.45. The molecule has 1 saturated carbocycles. The van der Waals surface area contributed by atoms with Crippen LogP contribution in [0.5, 0.6) is 0 Å². The Kier molecular flexibility index (Phi) is 4.75. The van der Waals surface area contributed by atoms with Gasteiger partial charge in [0.25, 0.3) is 0 Å². The minimum atomic E-state index is -0.880. The second-order valence-corrected chi connectivity index (χ2v) is 6.00. The first-order chi connectivity index (χ1) is 9.52. The molecular weight excluding hydrogens is 324 g/mol. The average Bonchev–Trinajstić information content (AvgIpc) is 2.86. The smallest absolute Gasteiger partial charge is 0.307 e. The maximum atomic E-state index is 12.3. The quantitative estimate of drug-likeness (QED) is 0.883. The van der Waals surface area contributed by atoms with Crippen LogP contribution in [0.4, 0.5) is 5.69 Å². The van der Waals surface area contributed by atoms with Gasteiger partial charge in [0, 0.05) is 12.4 Å². The van der Waals surface area contributed by atoms with Crippen LogP contribution in [0.2, 0.25) is 0 Å². The van der Waals surface area contributed by atoms with Gasteiger partial charge in [-0.2, -0.15) is 0 Å². The van der Waals surface area contributed by atoms with E-state index in [2.05, 4.69) is 26.2 Å². The fraction of sp³-hybridized carbons (Fsp3) is 0.500. The number of aromatic nitrogens is 1. The van der Waals surface area contributed by atoms with Gasteiger partial charge in [-0.15, -0.1) is 0 Å². The summed E-state index contributed by atoms with van der Waals surface area (Å²) in [4.78, 5) is 27.6. The number of carboxylic acids is 1. The van der Waals surface area contributed by atoms with Crippen molar-refractivity contribution >= 4 is 33.5 Å². The molecule has 1 aliphatic rings. The molecule has 0 aliphatic heterocycles. The number of aliphatic carboxylic acids is 1. The fourth-order valence-electron chi connectivity index (χ4n) is 2.74. The summed E-state index contributed by atoms with van der Waals surface area (Å²) in [7, 11) is 0. The van der Waals surface area contributed by atoms with Crippen LogP contribution >= 0.6 is 15.9 Å². The first-order valence-electron chi connectivity index (χ1n) is 6.66. The van der Waals surface area contributed by atoms with Gasteiger partial charge in [-0.3, -0.25) is 14.6 Å². The molecule has 1 heterocycles. The lowest BCUT2D eigenvalue weighted by Crippen LogP contribution is -2.30. The Labute approximate surface area is 125 Å². The van der Waals surface area contributed by atoms with Crippen molar-refractivity contribution in [1.29, 1.82) is 0 Å². The Morgan fingerprint density at radius 3 is 2.75 bits per heavy atom. The molecule has 0 bridgehead atoms. The van der Waals surface area contributed by atoms with Crippen LogP contribution in [-0.2, 0) is 9.59 Å². The number of carbonyl (C=O) groups excluding carboxylic acids is 1. The van der Waals surface area contributed by atoms with Crippen molar-refractivity contribution in [1.82, 2.24) is 4.98 Å². The maximum absolute atomic E-state index is 12.3. The van der Waals surface area contributed by atoms with Crippen molar-refractivity contribution in [3.8, 4) is 0 Å². The van der Waals surface area contributed by atoms with Gasteiger partial charge in [-0.1, -0.05) is 13.3 Å². The molecule has 20 heavy (non-hydrogen) atoms. The Bertz CT molecular complexity index is 521. The topological polar surface area (TPSA) is 79.3 Å². The van der Waals surface area contributed by atoms with Gasteiger partial charge in [0.1, 0.15) is 0 Å². The number of halogens is 1. The first kappa shape index (κ1) is 15.0. The number of hydrogen-bond donors (Lipinski definition) is 2. The molecule has 1 fully saturated rings. The van der Waals surface area contributed by atoms with Crippen molar-refractivity contribution in [2.45, 2.75) is 26.2 Å². The van der Waals surface area contributed by atoms with E-state index in [-0.39, 0.29) is 5.91 Å². The predicted molar refractivity (Wildman–Crippen MR) is 78.2 cm³/mol. The molecule has 3 unspecified atom stereocenters. The SMILES string of the molecule is CCC1CC(C(=O)O)C(C(=O)Nc2ccncc2Br)C1. The zero-order valence-corrected chi connectivity index (χ0v) is 12.8. The number of anilines is 1. The van der Waals surface area contributed by atoms with Crippen LogP contribution in [-0.4, -0.2) is 22.0 Å². The van der Waals surface area contributed by atoms with Gasteiger partial charge in [-0.25, -0.2) is 0 Å². The molecule has 0 aromatic carbocycles. The summed E-state index contributed by atoms with van der Waals surface area (Å²) in [6.45, 7) is 2.03. The van der Waals surface area contributed by atoms with E-state index in [0.717, 1.165) is 6.42 Å². The maximum Gasteiger partial charge on any atom is 0.307 e. The van der Waals surface area contributed by atoms with Crippen LogP contribution in [0, 0.1) is 17.8 Å². The summed E-state index contributed by atoms with van der Waals surface area (Å²) in [5.74, 6) is -1.83. The molecule has 0 spiro atoms. The number of rotatable bonds is 4. The molecule has 3 atom stereocenters. The minimum Gasteiger partial charge on any atom is -0.481 e. The zero-order chi connectivity index (χ0) is 14.7. The summed E-state index contributed by atoms with van der Waals surface area (Å²) < 4.78 is 0.685. The minimum absolute atomic E-state index is 0.222. The van der Waals surface area contributed by atoms with Crippen LogP contribution in [0.1, 0.15) is 26.2 Å². The van der Waals surface area contributed by atoms with E-state index in [1.54, 1.807) is 18.5 Å². The fourth-order valence-corrected chi connectivity index (χ4v) is 3.09. The number of carbonyl (C=O) groups is 2. The third-order valence-corrected chi connectivity index (χ3v) is 4.55. The van der Waals surface area contributed by atoms with E-state index in [0.29, 0.717) is 28.9 Å². The number of pyridine rings is 1. The second kappa shape index (κ2) is 6.35. The highest BCUT2D eigenvalue weighted by Gasteiger charge is 2.42. The molecule has 6 heteroatoms. The molecule has 1 aromatic heterocycles. The Hall–Kier alpha value is -1.43. The van der Waals surface area contributed by atoms with Gasteiger partial charge in [0.05, 0.1) is 22.0 Å². The van der Waals surface area contributed by atoms with E-state index in [4.69, 9.17) is 0 Å². The molecule has 0 saturated heterocycles. The van der Waals surface area contributed by atoms with E-state index >= 15 is 0 Å². The number of carboxylic acid groups (broad SMARTS) is 1. The van der Waals surface area contributed by atoms with Crippen LogP contribution in [0.3, 0.4) is 0 Å². The van der Waals surface area contributed by atoms with Crippen LogP contribution in [0.15, 0.2) is 22.9 Å². The van der Waals surface area contributed by atoms with Crippen LogP contribution < -0.4 is 5.32 Å². The van der Waals surface area contributed by atoms with Crippen molar-refractivity contribution in [3.63, 3.8) is 0 Å². The summed E-state index contributed by atoms with van der Waals surface area (Å²) in [6.07, 6.45) is 5.31. The molecule has 2 rings (SSSR count). The zero-order valence-electron chi connectivity index (χ0n) is 11.2. The molecule has 1 aromatic rings. The number of nitrogens with zero attached hydrogens (tertiary/aromatic N) is 1. The second-order valence-electron chi connectivity index (χ2n) is 5.14. The lowest BCUT2D eigenvalue weighted by Gasteiger charge is -2.16. The monoisotopic (exact) mass is 340 g/mol. The number of nitrogens with one attached hydrogen (secondary N) is 1. The number of hydrogen-bond acceptors (Lipinski definition) is 3. The van der Waals surface area contributed by atoms with Crippen molar-refractivity contribution in [3.05, 3.63) is 22.9 Å². The Morgan fingerprint density at radius 2 is 2.15 bits per heavy atom. The van der Waals surface area contributed by atoms with Crippen molar-refractivity contribution in [2.75, 3.05) is 5.32 Å². The summed E-state index contributed by atoms with van der Waals surface area (Å²) >= 11 is 3.31. The van der Waals surface area contributed by atoms with E-state index in [1.165, 1.54) is 0 Å². The van der Waals surface area contributed by atoms with Gasteiger partial charge < -0.3 is 10.4 Å². The van der Waals surface area contributed by atoms with E-state index < -0.39 is 17.8 Å². The summed E-state index contributed by atoms with van der Waals surface area (Å²) in [6, 6.07) is 1.68. The van der Waals surface area contributed by atoms with Crippen molar-refractivity contribution < 1.29 is 14.7 Å². The number of amides is 1. The highest BCUT2D eigenvalue weighted by Crippen LogP contribution is 2.39. The highest BCUT2D eigenvalue weighted by atomic mass is 79.9. The largest absolute Gasteiger partial charge is 0.481 e. The normalized spacial score (nSPS) is 25.4. The van der Waals surface area contributed by atoms with Crippen molar-refractivity contribution in [2.24, 2.45) is 17.8 Å². The van der Waals surface area contributed by atoms with Crippen LogP contribution in [0.25, 0.3) is 0 Å². The molecule has 1 amide bonds. The average molecular weight is 341 g/mol. The van der Waals surface area contributed by atoms with Gasteiger partial charge in [0.15, 0.2) is 0 Å². The Balaban J connectivity index is 2.11. The molecule has 1 aliphatic carbocycles. The van der Waals surface area contributed by atoms with E-state index in [9.17, 15) is 14.7 Å². The summed E-state index contributed by atoms with van der Waals surface area (Å²) in [5.41, 5.74) is 0.620. The third-order valence-electron chi connectivity index (χ3n) is 3.92. The Morgan fingerprint density at radius 1 is 1.45 bits per heavy atom. The predicted octanol–water partition coefficient (Wildman–Crippen LogP) is 2.92. The molecule has 2 N–H and O–H groups in total.